The van der Waals surface area contributed by atoms with Gasteiger partial charge in [0.25, 0.3) is 0 Å². The number of nitrogens with zero attached hydrogens (tertiary/aromatic N) is 1. The highest BCUT2D eigenvalue weighted by Crippen LogP contribution is 2.28. The lowest BCUT2D eigenvalue weighted by molar-refractivity contribution is -0.130. The minimum atomic E-state index is -0.0736. The minimum absolute atomic E-state index is 0.0422. The number of methoxy groups -OCH3 is 1. The van der Waals surface area contributed by atoms with Crippen LogP contribution in [-0.4, -0.2) is 42.5 Å². The number of hydrogen-bond donors (Lipinski definition) is 1. The van der Waals surface area contributed by atoms with Crippen LogP contribution in [0.5, 0.6) is 5.75 Å². The number of benzene rings is 1. The van der Waals surface area contributed by atoms with Crippen molar-refractivity contribution in [1.82, 2.24) is 10.2 Å². The fourth-order valence-electron chi connectivity index (χ4n) is 2.68. The van der Waals surface area contributed by atoms with Crippen molar-refractivity contribution in [2.24, 2.45) is 0 Å². The Labute approximate surface area is 131 Å². The summed E-state index contributed by atoms with van der Waals surface area (Å²) in [7, 11) is 1.66. The fourth-order valence-corrected chi connectivity index (χ4v) is 3.10. The molecule has 0 radical (unpaired) electrons. The van der Waals surface area contributed by atoms with E-state index >= 15 is 0 Å². The average Bonchev–Trinajstić information content (AvgIpc) is 2.84. The number of nitrogens with one attached hydrogen (secondary N) is 1. The van der Waals surface area contributed by atoms with E-state index in [2.05, 4.69) is 11.6 Å². The quantitative estimate of drug-likeness (QED) is 0.786. The summed E-state index contributed by atoms with van der Waals surface area (Å²) in [6.07, 6.45) is 3.89. The van der Waals surface area contributed by atoms with Crippen molar-refractivity contribution in [2.45, 2.75) is 32.0 Å². The summed E-state index contributed by atoms with van der Waals surface area (Å²) in [5.41, 5.74) is 1.09. The summed E-state index contributed by atoms with van der Waals surface area (Å²) < 4.78 is 5.29. The first-order chi connectivity index (χ1) is 10.2. The SMILES string of the molecule is CCC1NC(c2cccc(OC)c2)N(CCCSC)C1=O. The number of rotatable bonds is 7. The van der Waals surface area contributed by atoms with Gasteiger partial charge in [0, 0.05) is 6.54 Å². The zero-order valence-corrected chi connectivity index (χ0v) is 13.8. The molecular formula is C16H24N2O2S. The molecule has 1 heterocycles. The fraction of sp³-hybridized carbons (Fsp3) is 0.562. The van der Waals surface area contributed by atoms with E-state index in [4.69, 9.17) is 4.74 Å². The molecule has 0 aromatic heterocycles. The van der Waals surface area contributed by atoms with Crippen LogP contribution in [0.3, 0.4) is 0 Å². The predicted molar refractivity (Wildman–Crippen MR) is 87.7 cm³/mol. The van der Waals surface area contributed by atoms with Gasteiger partial charge in [-0.05, 0) is 42.5 Å². The van der Waals surface area contributed by atoms with Crippen LogP contribution in [0.2, 0.25) is 0 Å². The van der Waals surface area contributed by atoms with Crippen LogP contribution in [0.1, 0.15) is 31.5 Å². The summed E-state index contributed by atoms with van der Waals surface area (Å²) in [5, 5.41) is 3.45. The summed E-state index contributed by atoms with van der Waals surface area (Å²) in [4.78, 5) is 14.5. The second-order valence-corrected chi connectivity index (χ2v) is 6.17. The van der Waals surface area contributed by atoms with Gasteiger partial charge in [0.05, 0.1) is 13.2 Å². The highest BCUT2D eigenvalue weighted by molar-refractivity contribution is 7.98. The molecule has 2 unspecified atom stereocenters. The van der Waals surface area contributed by atoms with E-state index in [9.17, 15) is 4.79 Å². The molecular weight excluding hydrogens is 284 g/mol. The van der Waals surface area contributed by atoms with Gasteiger partial charge in [-0.25, -0.2) is 0 Å². The number of carbonyl (C=O) groups is 1. The van der Waals surface area contributed by atoms with Crippen LogP contribution < -0.4 is 10.1 Å². The first kappa shape index (κ1) is 16.2. The lowest BCUT2D eigenvalue weighted by atomic mass is 10.1. The zero-order valence-electron chi connectivity index (χ0n) is 13.0. The molecule has 0 saturated carbocycles. The molecule has 0 aliphatic carbocycles. The Kier molecular flexibility index (Phi) is 5.94. The first-order valence-electron chi connectivity index (χ1n) is 7.40. The Morgan fingerprint density at radius 2 is 2.24 bits per heavy atom. The van der Waals surface area contributed by atoms with Crippen LogP contribution in [0, 0.1) is 0 Å². The molecule has 4 nitrogen and oxygen atoms in total. The van der Waals surface area contributed by atoms with Gasteiger partial charge in [-0.3, -0.25) is 10.1 Å². The summed E-state index contributed by atoms with van der Waals surface area (Å²) in [6.45, 7) is 2.84. The number of thioether (sulfide) groups is 1. The lowest BCUT2D eigenvalue weighted by Gasteiger charge is -2.24. The Balaban J connectivity index is 2.18. The van der Waals surface area contributed by atoms with Gasteiger partial charge in [0.15, 0.2) is 0 Å². The number of hydrogen-bond acceptors (Lipinski definition) is 4. The monoisotopic (exact) mass is 308 g/mol. The summed E-state index contributed by atoms with van der Waals surface area (Å²) in [6, 6.07) is 7.88. The molecule has 1 aliphatic rings. The average molecular weight is 308 g/mol. The molecule has 0 bridgehead atoms. The second-order valence-electron chi connectivity index (χ2n) is 5.18. The molecule has 1 aliphatic heterocycles. The molecule has 1 aromatic rings. The van der Waals surface area contributed by atoms with Crippen molar-refractivity contribution in [3.05, 3.63) is 29.8 Å². The molecule has 2 rings (SSSR count). The van der Waals surface area contributed by atoms with Gasteiger partial charge in [-0.1, -0.05) is 19.1 Å². The molecule has 1 aromatic carbocycles. The van der Waals surface area contributed by atoms with Crippen LogP contribution >= 0.6 is 11.8 Å². The smallest absolute Gasteiger partial charge is 0.241 e. The third-order valence-electron chi connectivity index (χ3n) is 3.82. The molecule has 1 saturated heterocycles. The maximum absolute atomic E-state index is 12.5. The van der Waals surface area contributed by atoms with E-state index in [1.807, 2.05) is 47.9 Å². The molecule has 1 amide bonds. The molecule has 116 valence electrons. The van der Waals surface area contributed by atoms with E-state index in [0.29, 0.717) is 0 Å². The van der Waals surface area contributed by atoms with Gasteiger partial charge in [0.1, 0.15) is 11.9 Å². The summed E-state index contributed by atoms with van der Waals surface area (Å²) >= 11 is 1.82. The molecule has 5 heteroatoms. The Morgan fingerprint density at radius 3 is 2.90 bits per heavy atom. The van der Waals surface area contributed by atoms with Crippen molar-refractivity contribution >= 4 is 17.7 Å². The van der Waals surface area contributed by atoms with E-state index in [-0.39, 0.29) is 18.1 Å². The number of carbonyl (C=O) groups excluding carboxylic acids is 1. The standard InChI is InChI=1S/C16H24N2O2S/c1-4-14-16(19)18(9-6-10-21-3)15(17-14)12-7-5-8-13(11-12)20-2/h5,7-8,11,14-15,17H,4,6,9-10H2,1-3H3. The van der Waals surface area contributed by atoms with Gasteiger partial charge in [-0.2, -0.15) is 11.8 Å². The van der Waals surface area contributed by atoms with E-state index in [1.165, 1.54) is 0 Å². The maximum Gasteiger partial charge on any atom is 0.241 e. The Bertz CT molecular complexity index is 481. The largest absolute Gasteiger partial charge is 0.497 e. The van der Waals surface area contributed by atoms with Crippen LogP contribution in [0.25, 0.3) is 0 Å². The van der Waals surface area contributed by atoms with E-state index in [0.717, 1.165) is 36.5 Å². The van der Waals surface area contributed by atoms with Crippen molar-refractivity contribution in [3.63, 3.8) is 0 Å². The Morgan fingerprint density at radius 1 is 1.43 bits per heavy atom. The van der Waals surface area contributed by atoms with Gasteiger partial charge in [0.2, 0.25) is 5.91 Å². The maximum atomic E-state index is 12.5. The third kappa shape index (κ3) is 3.71. The highest BCUT2D eigenvalue weighted by Gasteiger charge is 2.38. The molecule has 1 N–H and O–H groups in total. The van der Waals surface area contributed by atoms with Crippen molar-refractivity contribution in [2.75, 3.05) is 25.7 Å². The highest BCUT2D eigenvalue weighted by atomic mass is 32.2. The molecule has 1 fully saturated rings. The van der Waals surface area contributed by atoms with Crippen molar-refractivity contribution in [1.29, 1.82) is 0 Å². The molecule has 21 heavy (non-hydrogen) atoms. The summed E-state index contributed by atoms with van der Waals surface area (Å²) in [5.74, 6) is 2.11. The van der Waals surface area contributed by atoms with Gasteiger partial charge in [-0.15, -0.1) is 0 Å². The third-order valence-corrected chi connectivity index (χ3v) is 4.51. The predicted octanol–water partition coefficient (Wildman–Crippen LogP) is 2.66. The van der Waals surface area contributed by atoms with Crippen molar-refractivity contribution in [3.8, 4) is 5.75 Å². The van der Waals surface area contributed by atoms with E-state index < -0.39 is 0 Å². The van der Waals surface area contributed by atoms with Gasteiger partial charge >= 0.3 is 0 Å². The van der Waals surface area contributed by atoms with Gasteiger partial charge < -0.3 is 9.64 Å². The van der Waals surface area contributed by atoms with Crippen LogP contribution in [-0.2, 0) is 4.79 Å². The minimum Gasteiger partial charge on any atom is -0.497 e. The second kappa shape index (κ2) is 7.71. The van der Waals surface area contributed by atoms with Crippen LogP contribution in [0.4, 0.5) is 0 Å². The Hall–Kier alpha value is -1.20. The zero-order chi connectivity index (χ0) is 15.2. The first-order valence-corrected chi connectivity index (χ1v) is 8.80. The van der Waals surface area contributed by atoms with Crippen LogP contribution in [0.15, 0.2) is 24.3 Å². The van der Waals surface area contributed by atoms with Crippen molar-refractivity contribution < 1.29 is 9.53 Å². The topological polar surface area (TPSA) is 41.6 Å². The van der Waals surface area contributed by atoms with E-state index in [1.54, 1.807) is 7.11 Å². The molecule has 0 spiro atoms. The number of ether oxygens (including phenoxy) is 1. The lowest BCUT2D eigenvalue weighted by Crippen LogP contribution is -2.32. The normalized spacial score (nSPS) is 21.9. The number of amides is 1. The molecule has 2 atom stereocenters.